The molecule has 0 spiro atoms. The van der Waals surface area contributed by atoms with E-state index >= 15 is 0 Å². The Hall–Kier alpha value is -3.86. The summed E-state index contributed by atoms with van der Waals surface area (Å²) >= 11 is 0. The molecule has 0 aromatic heterocycles. The van der Waals surface area contributed by atoms with Gasteiger partial charge in [0.15, 0.2) is 0 Å². The molecule has 0 aliphatic carbocycles. The SMILES string of the molecule is CCOc1ccc(/C(O)=C2\C(=O)C(=O)N(CCc3ccccc3)C2c2ccccc2)cc1. The molecule has 1 fully saturated rings. The maximum Gasteiger partial charge on any atom is 0.295 e. The molecule has 5 heteroatoms. The molecule has 1 aliphatic heterocycles. The van der Waals surface area contributed by atoms with Crippen LogP contribution in [0.5, 0.6) is 5.75 Å². The fourth-order valence-corrected chi connectivity index (χ4v) is 4.02. The van der Waals surface area contributed by atoms with Crippen LogP contribution in [0.2, 0.25) is 0 Å². The normalized spacial score (nSPS) is 17.5. The Bertz CT molecular complexity index is 1120. The second-order valence-corrected chi connectivity index (χ2v) is 7.60. The highest BCUT2D eigenvalue weighted by atomic mass is 16.5. The smallest absolute Gasteiger partial charge is 0.295 e. The predicted molar refractivity (Wildman–Crippen MR) is 123 cm³/mol. The van der Waals surface area contributed by atoms with Crippen molar-refractivity contribution in [3.63, 3.8) is 0 Å². The van der Waals surface area contributed by atoms with Crippen molar-refractivity contribution in [3.05, 3.63) is 107 Å². The van der Waals surface area contributed by atoms with E-state index in [0.29, 0.717) is 30.9 Å². The van der Waals surface area contributed by atoms with Gasteiger partial charge in [-0.2, -0.15) is 0 Å². The number of benzene rings is 3. The van der Waals surface area contributed by atoms with Gasteiger partial charge >= 0.3 is 0 Å². The van der Waals surface area contributed by atoms with Crippen molar-refractivity contribution in [2.75, 3.05) is 13.2 Å². The molecule has 5 nitrogen and oxygen atoms in total. The van der Waals surface area contributed by atoms with Crippen molar-refractivity contribution >= 4 is 17.4 Å². The lowest BCUT2D eigenvalue weighted by Crippen LogP contribution is -2.31. The summed E-state index contributed by atoms with van der Waals surface area (Å²) in [7, 11) is 0. The lowest BCUT2D eigenvalue weighted by atomic mass is 9.95. The van der Waals surface area contributed by atoms with Crippen LogP contribution in [0.15, 0.2) is 90.5 Å². The number of amides is 1. The third-order valence-corrected chi connectivity index (χ3v) is 5.58. The Morgan fingerprint density at radius 3 is 2.16 bits per heavy atom. The Morgan fingerprint density at radius 2 is 1.53 bits per heavy atom. The summed E-state index contributed by atoms with van der Waals surface area (Å²) < 4.78 is 5.46. The summed E-state index contributed by atoms with van der Waals surface area (Å²) in [6.45, 7) is 2.80. The molecule has 1 unspecified atom stereocenters. The van der Waals surface area contributed by atoms with Crippen LogP contribution in [0.1, 0.15) is 29.7 Å². The van der Waals surface area contributed by atoms with Crippen LogP contribution >= 0.6 is 0 Å². The highest BCUT2D eigenvalue weighted by Gasteiger charge is 2.45. The van der Waals surface area contributed by atoms with Gasteiger partial charge in [0, 0.05) is 12.1 Å². The van der Waals surface area contributed by atoms with Crippen LogP contribution in [0, 0.1) is 0 Å². The van der Waals surface area contributed by atoms with Crippen molar-refractivity contribution in [1.82, 2.24) is 4.90 Å². The van der Waals surface area contributed by atoms with Crippen LogP contribution in [-0.4, -0.2) is 34.8 Å². The third-order valence-electron chi connectivity index (χ3n) is 5.58. The molecule has 1 aliphatic rings. The number of hydrogen-bond donors (Lipinski definition) is 1. The largest absolute Gasteiger partial charge is 0.507 e. The van der Waals surface area contributed by atoms with E-state index in [1.807, 2.05) is 67.6 Å². The number of Topliss-reactive ketones (excluding diaryl/α,β-unsaturated/α-hetero) is 1. The molecule has 3 aromatic carbocycles. The molecule has 162 valence electrons. The molecule has 1 amide bonds. The van der Waals surface area contributed by atoms with Gasteiger partial charge < -0.3 is 14.7 Å². The fraction of sp³-hybridized carbons (Fsp3) is 0.185. The summed E-state index contributed by atoms with van der Waals surface area (Å²) in [6.07, 6.45) is 0.611. The average Bonchev–Trinajstić information content (AvgIpc) is 3.09. The molecule has 0 saturated carbocycles. The van der Waals surface area contributed by atoms with Crippen LogP contribution in [0.4, 0.5) is 0 Å². The Kier molecular flexibility index (Phi) is 6.36. The van der Waals surface area contributed by atoms with Crippen molar-refractivity contribution < 1.29 is 19.4 Å². The molecule has 32 heavy (non-hydrogen) atoms. The van der Waals surface area contributed by atoms with Crippen LogP contribution in [0.25, 0.3) is 5.76 Å². The number of aliphatic hydroxyl groups is 1. The maximum absolute atomic E-state index is 13.1. The minimum Gasteiger partial charge on any atom is -0.507 e. The van der Waals surface area contributed by atoms with E-state index < -0.39 is 17.7 Å². The van der Waals surface area contributed by atoms with Gasteiger partial charge in [-0.3, -0.25) is 9.59 Å². The molecule has 1 atom stereocenters. The van der Waals surface area contributed by atoms with Gasteiger partial charge in [-0.05, 0) is 48.7 Å². The van der Waals surface area contributed by atoms with Crippen molar-refractivity contribution in [1.29, 1.82) is 0 Å². The number of likely N-dealkylation sites (tertiary alicyclic amines) is 1. The Labute approximate surface area is 187 Å². The van der Waals surface area contributed by atoms with E-state index in [1.54, 1.807) is 29.2 Å². The van der Waals surface area contributed by atoms with Crippen molar-refractivity contribution in [3.8, 4) is 5.75 Å². The molecule has 1 N–H and O–H groups in total. The number of carbonyl (C=O) groups is 2. The number of hydrogen-bond acceptors (Lipinski definition) is 4. The van der Waals surface area contributed by atoms with Gasteiger partial charge in [0.25, 0.3) is 11.7 Å². The van der Waals surface area contributed by atoms with Gasteiger partial charge in [0.05, 0.1) is 18.2 Å². The van der Waals surface area contributed by atoms with Gasteiger partial charge in [0.2, 0.25) is 0 Å². The average molecular weight is 428 g/mol. The quantitative estimate of drug-likeness (QED) is 0.336. The molecule has 0 radical (unpaired) electrons. The first-order valence-electron chi connectivity index (χ1n) is 10.7. The number of carbonyl (C=O) groups excluding carboxylic acids is 2. The van der Waals surface area contributed by atoms with Crippen LogP contribution < -0.4 is 4.74 Å². The summed E-state index contributed by atoms with van der Waals surface area (Å²) in [5.41, 5.74) is 2.44. The summed E-state index contributed by atoms with van der Waals surface area (Å²) in [5, 5.41) is 11.1. The first-order valence-corrected chi connectivity index (χ1v) is 10.7. The maximum atomic E-state index is 13.1. The van der Waals surface area contributed by atoms with Gasteiger partial charge in [-0.25, -0.2) is 0 Å². The highest BCUT2D eigenvalue weighted by molar-refractivity contribution is 6.46. The second-order valence-electron chi connectivity index (χ2n) is 7.60. The molecule has 0 bridgehead atoms. The highest BCUT2D eigenvalue weighted by Crippen LogP contribution is 2.39. The molecule has 3 aromatic rings. The summed E-state index contributed by atoms with van der Waals surface area (Å²) in [4.78, 5) is 27.6. The lowest BCUT2D eigenvalue weighted by Gasteiger charge is -2.25. The molecular weight excluding hydrogens is 402 g/mol. The minimum absolute atomic E-state index is 0.110. The zero-order valence-corrected chi connectivity index (χ0v) is 17.9. The van der Waals surface area contributed by atoms with Crippen LogP contribution in [0.3, 0.4) is 0 Å². The van der Waals surface area contributed by atoms with E-state index in [0.717, 1.165) is 11.1 Å². The number of nitrogens with zero attached hydrogens (tertiary/aromatic N) is 1. The van der Waals surface area contributed by atoms with E-state index in [-0.39, 0.29) is 11.3 Å². The monoisotopic (exact) mass is 427 g/mol. The van der Waals surface area contributed by atoms with Crippen LogP contribution in [-0.2, 0) is 16.0 Å². The topological polar surface area (TPSA) is 66.8 Å². The number of ketones is 1. The summed E-state index contributed by atoms with van der Waals surface area (Å²) in [6, 6.07) is 25.4. The standard InChI is InChI=1S/C27H25NO4/c1-2-32-22-15-13-21(14-16-22)25(29)23-24(20-11-7-4-8-12-20)28(27(31)26(23)30)18-17-19-9-5-3-6-10-19/h3-16,24,29H,2,17-18H2,1H3/b25-23+. The number of ether oxygens (including phenoxy) is 1. The Morgan fingerprint density at radius 1 is 0.906 bits per heavy atom. The lowest BCUT2D eigenvalue weighted by molar-refractivity contribution is -0.139. The van der Waals surface area contributed by atoms with Gasteiger partial charge in [0.1, 0.15) is 11.5 Å². The van der Waals surface area contributed by atoms with Crippen molar-refractivity contribution in [2.45, 2.75) is 19.4 Å². The van der Waals surface area contributed by atoms with E-state index in [1.165, 1.54) is 0 Å². The first kappa shape index (κ1) is 21.4. The zero-order valence-electron chi connectivity index (χ0n) is 17.9. The minimum atomic E-state index is -0.668. The molecule has 1 saturated heterocycles. The fourth-order valence-electron chi connectivity index (χ4n) is 4.02. The Balaban J connectivity index is 1.73. The molecule has 4 rings (SSSR count). The van der Waals surface area contributed by atoms with E-state index in [4.69, 9.17) is 4.74 Å². The molecular formula is C27H25NO4. The van der Waals surface area contributed by atoms with E-state index in [2.05, 4.69) is 0 Å². The zero-order chi connectivity index (χ0) is 22.5. The summed E-state index contributed by atoms with van der Waals surface area (Å²) in [5.74, 6) is -0.769. The number of rotatable bonds is 7. The van der Waals surface area contributed by atoms with Gasteiger partial charge in [-0.1, -0.05) is 60.7 Å². The van der Waals surface area contributed by atoms with E-state index in [9.17, 15) is 14.7 Å². The molecule has 1 heterocycles. The predicted octanol–water partition coefficient (Wildman–Crippen LogP) is 4.75. The first-order chi connectivity index (χ1) is 15.6. The van der Waals surface area contributed by atoms with Crippen molar-refractivity contribution in [2.24, 2.45) is 0 Å². The van der Waals surface area contributed by atoms with Gasteiger partial charge in [-0.15, -0.1) is 0 Å². The third kappa shape index (κ3) is 4.28. The second kappa shape index (κ2) is 9.52. The number of aliphatic hydroxyl groups excluding tert-OH is 1.